The molecular formula is C18H29N3OSi. The zero-order valence-corrected chi connectivity index (χ0v) is 16.4. The predicted octanol–water partition coefficient (Wildman–Crippen LogP) is 5.05. The van der Waals surface area contributed by atoms with E-state index < -0.39 is 8.32 Å². The molecule has 2 heterocycles. The van der Waals surface area contributed by atoms with Crippen molar-refractivity contribution in [2.24, 2.45) is 0 Å². The highest BCUT2D eigenvalue weighted by Gasteiger charge is 2.37. The molecule has 5 heteroatoms. The molecule has 0 aliphatic carbocycles. The molecule has 2 aromatic rings. The summed E-state index contributed by atoms with van der Waals surface area (Å²) in [5.41, 5.74) is 3.14. The van der Waals surface area contributed by atoms with E-state index in [9.17, 15) is 0 Å². The molecule has 0 aliphatic rings. The SMILES string of the molecule is CC(C)n1nccc1-c1ncccc1CO[Si](C)(C)C(C)(C)C. The Morgan fingerprint density at radius 3 is 2.48 bits per heavy atom. The van der Waals surface area contributed by atoms with Gasteiger partial charge in [-0.05, 0) is 44.1 Å². The van der Waals surface area contributed by atoms with E-state index in [0.29, 0.717) is 12.6 Å². The third-order valence-corrected chi connectivity index (χ3v) is 9.17. The lowest BCUT2D eigenvalue weighted by atomic mass is 10.1. The molecule has 4 nitrogen and oxygen atoms in total. The Morgan fingerprint density at radius 2 is 1.87 bits per heavy atom. The largest absolute Gasteiger partial charge is 0.412 e. The lowest BCUT2D eigenvalue weighted by molar-refractivity contribution is 0.276. The van der Waals surface area contributed by atoms with Crippen LogP contribution < -0.4 is 0 Å². The van der Waals surface area contributed by atoms with Crippen LogP contribution in [0.25, 0.3) is 11.4 Å². The van der Waals surface area contributed by atoms with Gasteiger partial charge in [-0.25, -0.2) is 0 Å². The molecule has 0 saturated carbocycles. The molecule has 0 amide bonds. The first-order chi connectivity index (χ1) is 10.6. The summed E-state index contributed by atoms with van der Waals surface area (Å²) in [6, 6.07) is 6.41. The van der Waals surface area contributed by atoms with Gasteiger partial charge < -0.3 is 4.43 Å². The van der Waals surface area contributed by atoms with E-state index in [1.807, 2.05) is 29.2 Å². The molecule has 23 heavy (non-hydrogen) atoms. The minimum atomic E-state index is -1.78. The summed E-state index contributed by atoms with van der Waals surface area (Å²) >= 11 is 0. The summed E-state index contributed by atoms with van der Waals surface area (Å²) in [6.45, 7) is 16.2. The molecular weight excluding hydrogens is 302 g/mol. The standard InChI is InChI=1S/C18H29N3OSi/c1-14(2)21-16(10-12-20-21)17-15(9-8-11-19-17)13-22-23(6,7)18(3,4)5/h8-12,14H,13H2,1-7H3. The molecule has 2 aromatic heterocycles. The van der Waals surface area contributed by atoms with Gasteiger partial charge in [0.05, 0.1) is 18.0 Å². The fourth-order valence-electron chi connectivity index (χ4n) is 2.17. The first-order valence-corrected chi connectivity index (χ1v) is 11.2. The first-order valence-electron chi connectivity index (χ1n) is 8.25. The summed E-state index contributed by atoms with van der Waals surface area (Å²) in [5, 5.41) is 4.63. The zero-order valence-electron chi connectivity index (χ0n) is 15.4. The van der Waals surface area contributed by atoms with Gasteiger partial charge in [-0.3, -0.25) is 9.67 Å². The predicted molar refractivity (Wildman–Crippen MR) is 97.8 cm³/mol. The Balaban J connectivity index is 2.30. The van der Waals surface area contributed by atoms with Crippen molar-refractivity contribution in [1.82, 2.24) is 14.8 Å². The fourth-order valence-corrected chi connectivity index (χ4v) is 3.12. The third kappa shape index (κ3) is 3.90. The summed E-state index contributed by atoms with van der Waals surface area (Å²) in [7, 11) is -1.78. The monoisotopic (exact) mass is 331 g/mol. The molecule has 0 aliphatic heterocycles. The van der Waals surface area contributed by atoms with Crippen molar-refractivity contribution in [2.45, 2.75) is 65.4 Å². The summed E-state index contributed by atoms with van der Waals surface area (Å²) < 4.78 is 8.40. The van der Waals surface area contributed by atoms with Crippen LogP contribution in [0.4, 0.5) is 0 Å². The van der Waals surface area contributed by atoms with Gasteiger partial charge in [0.2, 0.25) is 0 Å². The second-order valence-corrected chi connectivity index (χ2v) is 12.6. The molecule has 0 radical (unpaired) electrons. The van der Waals surface area contributed by atoms with Crippen LogP contribution in [-0.2, 0) is 11.0 Å². The van der Waals surface area contributed by atoms with E-state index in [2.05, 4.69) is 63.9 Å². The lowest BCUT2D eigenvalue weighted by Gasteiger charge is -2.36. The van der Waals surface area contributed by atoms with Crippen molar-refractivity contribution in [2.75, 3.05) is 0 Å². The highest BCUT2D eigenvalue weighted by atomic mass is 28.4. The maximum absolute atomic E-state index is 6.39. The summed E-state index contributed by atoms with van der Waals surface area (Å²) in [5.74, 6) is 0. The number of aromatic nitrogens is 3. The van der Waals surface area contributed by atoms with Crippen molar-refractivity contribution in [3.05, 3.63) is 36.2 Å². The Labute approximate surface area is 141 Å². The smallest absolute Gasteiger partial charge is 0.192 e. The molecule has 0 N–H and O–H groups in total. The van der Waals surface area contributed by atoms with Gasteiger partial charge in [-0.15, -0.1) is 0 Å². The van der Waals surface area contributed by atoms with E-state index in [-0.39, 0.29) is 5.04 Å². The number of pyridine rings is 1. The molecule has 0 spiro atoms. The van der Waals surface area contributed by atoms with Crippen molar-refractivity contribution in [3.8, 4) is 11.4 Å². The normalized spacial score (nSPS) is 12.9. The van der Waals surface area contributed by atoms with E-state index in [1.165, 1.54) is 0 Å². The van der Waals surface area contributed by atoms with Gasteiger partial charge in [0.1, 0.15) is 0 Å². The quantitative estimate of drug-likeness (QED) is 0.720. The first kappa shape index (κ1) is 17.9. The number of hydrogen-bond donors (Lipinski definition) is 0. The lowest BCUT2D eigenvalue weighted by Crippen LogP contribution is -2.40. The maximum Gasteiger partial charge on any atom is 0.192 e. The van der Waals surface area contributed by atoms with Crippen molar-refractivity contribution < 1.29 is 4.43 Å². The van der Waals surface area contributed by atoms with Gasteiger partial charge in [-0.1, -0.05) is 26.8 Å². The Hall–Kier alpha value is -1.46. The minimum Gasteiger partial charge on any atom is -0.412 e. The minimum absolute atomic E-state index is 0.203. The number of rotatable bonds is 5. The second-order valence-electron chi connectivity index (χ2n) is 7.81. The van der Waals surface area contributed by atoms with Crippen LogP contribution in [0.1, 0.15) is 46.2 Å². The third-order valence-electron chi connectivity index (χ3n) is 4.69. The van der Waals surface area contributed by atoms with Crippen LogP contribution in [0, 0.1) is 0 Å². The molecule has 126 valence electrons. The van der Waals surface area contributed by atoms with Gasteiger partial charge in [0, 0.05) is 24.0 Å². The van der Waals surface area contributed by atoms with Crippen LogP contribution in [0.15, 0.2) is 30.6 Å². The van der Waals surface area contributed by atoms with Crippen LogP contribution in [-0.4, -0.2) is 23.1 Å². The van der Waals surface area contributed by atoms with E-state index in [1.54, 1.807) is 0 Å². The molecule has 0 fully saturated rings. The van der Waals surface area contributed by atoms with Gasteiger partial charge in [-0.2, -0.15) is 5.10 Å². The van der Waals surface area contributed by atoms with Crippen LogP contribution in [0.3, 0.4) is 0 Å². The molecule has 0 unspecified atom stereocenters. The molecule has 0 atom stereocenters. The molecule has 2 rings (SSSR count). The molecule has 0 saturated heterocycles. The van der Waals surface area contributed by atoms with Gasteiger partial charge >= 0.3 is 0 Å². The van der Waals surface area contributed by atoms with E-state index >= 15 is 0 Å². The average molecular weight is 332 g/mol. The summed E-state index contributed by atoms with van der Waals surface area (Å²) in [6.07, 6.45) is 3.67. The Bertz CT molecular complexity index is 656. The number of hydrogen-bond acceptors (Lipinski definition) is 3. The fraction of sp³-hybridized carbons (Fsp3) is 0.556. The van der Waals surface area contributed by atoms with Gasteiger partial charge in [0.15, 0.2) is 8.32 Å². The summed E-state index contributed by atoms with van der Waals surface area (Å²) in [4.78, 5) is 4.60. The highest BCUT2D eigenvalue weighted by Crippen LogP contribution is 2.37. The topological polar surface area (TPSA) is 39.9 Å². The average Bonchev–Trinajstić information content (AvgIpc) is 2.93. The second kappa shape index (κ2) is 6.57. The number of nitrogens with zero attached hydrogens (tertiary/aromatic N) is 3. The van der Waals surface area contributed by atoms with Crippen molar-refractivity contribution >= 4 is 8.32 Å². The van der Waals surface area contributed by atoms with E-state index in [4.69, 9.17) is 4.43 Å². The zero-order chi connectivity index (χ0) is 17.3. The highest BCUT2D eigenvalue weighted by molar-refractivity contribution is 6.74. The maximum atomic E-state index is 6.39. The van der Waals surface area contributed by atoms with Gasteiger partial charge in [0.25, 0.3) is 0 Å². The van der Waals surface area contributed by atoms with Crippen LogP contribution in [0.2, 0.25) is 18.1 Å². The van der Waals surface area contributed by atoms with E-state index in [0.717, 1.165) is 17.0 Å². The van der Waals surface area contributed by atoms with Crippen molar-refractivity contribution in [3.63, 3.8) is 0 Å². The molecule has 0 bridgehead atoms. The Morgan fingerprint density at radius 1 is 1.17 bits per heavy atom. The Kier molecular flexibility index (Phi) is 5.11. The van der Waals surface area contributed by atoms with Crippen LogP contribution >= 0.6 is 0 Å². The molecule has 0 aromatic carbocycles. The van der Waals surface area contributed by atoms with Crippen LogP contribution in [0.5, 0.6) is 0 Å². The van der Waals surface area contributed by atoms with Crippen molar-refractivity contribution in [1.29, 1.82) is 0 Å².